The van der Waals surface area contributed by atoms with E-state index in [-0.39, 0.29) is 11.4 Å². The summed E-state index contributed by atoms with van der Waals surface area (Å²) in [4.78, 5) is 9.80. The summed E-state index contributed by atoms with van der Waals surface area (Å²) in [5.41, 5.74) is 4.98. The fraction of sp³-hybridized carbons (Fsp3) is 0.308. The molecule has 1 N–H and O–H groups in total. The van der Waals surface area contributed by atoms with E-state index in [4.69, 9.17) is 9.68 Å². The minimum atomic E-state index is 0.139. The second-order valence-corrected chi connectivity index (χ2v) is 4.93. The summed E-state index contributed by atoms with van der Waals surface area (Å²) in [6, 6.07) is 8.10. The number of hydrogen-bond acceptors (Lipinski definition) is 4. The highest BCUT2D eigenvalue weighted by Crippen LogP contribution is 2.22. The minimum absolute atomic E-state index is 0.139. The van der Waals surface area contributed by atoms with Crippen LogP contribution in [0.4, 0.5) is 0 Å². The molecule has 0 aromatic heterocycles. The fourth-order valence-corrected chi connectivity index (χ4v) is 1.48. The second kappa shape index (κ2) is 4.13. The van der Waals surface area contributed by atoms with Gasteiger partial charge in [0.05, 0.1) is 0 Å². The Kier molecular flexibility index (Phi) is 2.79. The highest BCUT2D eigenvalue weighted by Gasteiger charge is 2.15. The van der Waals surface area contributed by atoms with Crippen molar-refractivity contribution >= 4 is 5.84 Å². The van der Waals surface area contributed by atoms with E-state index < -0.39 is 0 Å². The predicted octanol–water partition coefficient (Wildman–Crippen LogP) is 2.67. The molecule has 17 heavy (non-hydrogen) atoms. The fourth-order valence-electron chi connectivity index (χ4n) is 1.48. The summed E-state index contributed by atoms with van der Waals surface area (Å²) in [6.07, 6.45) is 0. The molecule has 0 saturated carbocycles. The molecule has 1 aromatic carbocycles. The number of hydrogen-bond donors (Lipinski definition) is 1. The zero-order chi connectivity index (χ0) is 12.5. The van der Waals surface area contributed by atoms with E-state index in [2.05, 4.69) is 50.1 Å². The van der Waals surface area contributed by atoms with Crippen molar-refractivity contribution in [2.24, 2.45) is 5.16 Å². The van der Waals surface area contributed by atoms with Crippen molar-refractivity contribution in [1.29, 1.82) is 0 Å². The molecule has 4 heteroatoms. The Morgan fingerprint density at radius 1 is 1.18 bits per heavy atom. The Bertz CT molecular complexity index is 455. The predicted molar refractivity (Wildman–Crippen MR) is 66.1 cm³/mol. The van der Waals surface area contributed by atoms with E-state index in [1.165, 1.54) is 5.56 Å². The molecule has 1 aromatic rings. The lowest BCUT2D eigenvalue weighted by atomic mass is 9.87. The third-order valence-corrected chi connectivity index (χ3v) is 2.52. The van der Waals surface area contributed by atoms with Gasteiger partial charge in [-0.2, -0.15) is 5.48 Å². The highest BCUT2D eigenvalue weighted by atomic mass is 16.8. The van der Waals surface area contributed by atoms with Crippen LogP contribution in [0.2, 0.25) is 0 Å². The van der Waals surface area contributed by atoms with Crippen LogP contribution in [0.3, 0.4) is 0 Å². The van der Waals surface area contributed by atoms with Crippen molar-refractivity contribution in [2.45, 2.75) is 26.2 Å². The number of amidine groups is 1. The standard InChI is InChI=1S/C13H16N2O2/c1-9-16-14-12(15-17-9)10-5-7-11(8-6-10)13(2,3)4/h5-8H,1H2,2-4H3,(H,14,15). The van der Waals surface area contributed by atoms with Crippen molar-refractivity contribution in [3.8, 4) is 0 Å². The SMILES string of the molecule is C=C1ON=C(c2ccc(C(C)(C)C)cc2)NO1. The Morgan fingerprint density at radius 2 is 1.82 bits per heavy atom. The van der Waals surface area contributed by atoms with E-state index in [1.807, 2.05) is 12.1 Å². The maximum atomic E-state index is 4.94. The molecule has 90 valence electrons. The van der Waals surface area contributed by atoms with Crippen molar-refractivity contribution in [1.82, 2.24) is 5.48 Å². The first-order valence-corrected chi connectivity index (χ1v) is 5.44. The third kappa shape index (κ3) is 2.58. The van der Waals surface area contributed by atoms with Crippen LogP contribution >= 0.6 is 0 Å². The molecule has 1 aliphatic heterocycles. The molecule has 0 spiro atoms. The van der Waals surface area contributed by atoms with E-state index in [0.717, 1.165) is 5.56 Å². The van der Waals surface area contributed by atoms with Crippen LogP contribution in [0.25, 0.3) is 0 Å². The van der Waals surface area contributed by atoms with Crippen LogP contribution < -0.4 is 5.48 Å². The van der Waals surface area contributed by atoms with Gasteiger partial charge >= 0.3 is 5.95 Å². The van der Waals surface area contributed by atoms with Crippen molar-refractivity contribution in [3.05, 3.63) is 47.9 Å². The number of nitrogens with zero attached hydrogens (tertiary/aromatic N) is 1. The Morgan fingerprint density at radius 3 is 2.29 bits per heavy atom. The van der Waals surface area contributed by atoms with Gasteiger partial charge in [-0.25, -0.2) is 0 Å². The van der Waals surface area contributed by atoms with E-state index >= 15 is 0 Å². The van der Waals surface area contributed by atoms with Gasteiger partial charge in [-0.15, -0.1) is 0 Å². The molecule has 0 saturated heterocycles. The van der Waals surface area contributed by atoms with Crippen LogP contribution in [0, 0.1) is 0 Å². The van der Waals surface area contributed by atoms with Gasteiger partial charge in [-0.1, -0.05) is 50.2 Å². The number of oxime groups is 1. The van der Waals surface area contributed by atoms with Crippen molar-refractivity contribution in [3.63, 3.8) is 0 Å². The van der Waals surface area contributed by atoms with Gasteiger partial charge in [0.2, 0.25) is 5.84 Å². The first-order valence-electron chi connectivity index (χ1n) is 5.44. The zero-order valence-corrected chi connectivity index (χ0v) is 10.3. The third-order valence-electron chi connectivity index (χ3n) is 2.52. The van der Waals surface area contributed by atoms with Gasteiger partial charge in [0.25, 0.3) is 0 Å². The van der Waals surface area contributed by atoms with Gasteiger partial charge in [0, 0.05) is 5.56 Å². The molecule has 0 unspecified atom stereocenters. The summed E-state index contributed by atoms with van der Waals surface area (Å²) in [5, 5.41) is 3.85. The monoisotopic (exact) mass is 232 g/mol. The molecule has 0 radical (unpaired) electrons. The summed E-state index contributed by atoms with van der Waals surface area (Å²) in [5.74, 6) is 0.679. The second-order valence-electron chi connectivity index (χ2n) is 4.93. The van der Waals surface area contributed by atoms with Crippen LogP contribution in [0.1, 0.15) is 31.9 Å². The molecular formula is C13H16N2O2. The molecule has 1 heterocycles. The Labute approximate surface area is 101 Å². The average Bonchev–Trinajstić information content (AvgIpc) is 2.29. The van der Waals surface area contributed by atoms with Crippen molar-refractivity contribution in [2.75, 3.05) is 0 Å². The maximum Gasteiger partial charge on any atom is 0.328 e. The molecule has 0 aliphatic carbocycles. The summed E-state index contributed by atoms with van der Waals surface area (Å²) in [6.45, 7) is 10.0. The zero-order valence-electron chi connectivity index (χ0n) is 10.3. The normalized spacial score (nSPS) is 15.5. The van der Waals surface area contributed by atoms with Gasteiger partial charge in [-0.05, 0) is 17.6 Å². The number of hydroxylamine groups is 1. The Hall–Kier alpha value is -1.97. The number of rotatable bonds is 1. The lowest BCUT2D eigenvalue weighted by Crippen LogP contribution is -2.28. The summed E-state index contributed by atoms with van der Waals surface area (Å²) < 4.78 is 0. The molecular weight excluding hydrogens is 216 g/mol. The molecule has 2 rings (SSSR count). The van der Waals surface area contributed by atoms with Gasteiger partial charge in [0.1, 0.15) is 0 Å². The quantitative estimate of drug-likeness (QED) is 0.809. The molecule has 0 amide bonds. The lowest BCUT2D eigenvalue weighted by molar-refractivity contribution is -0.0108. The van der Waals surface area contributed by atoms with Gasteiger partial charge < -0.3 is 9.68 Å². The van der Waals surface area contributed by atoms with Crippen LogP contribution in [0.15, 0.2) is 41.9 Å². The molecule has 0 atom stereocenters. The topological polar surface area (TPSA) is 42.8 Å². The largest absolute Gasteiger partial charge is 0.340 e. The van der Waals surface area contributed by atoms with E-state index in [1.54, 1.807) is 0 Å². The number of benzene rings is 1. The van der Waals surface area contributed by atoms with Crippen LogP contribution in [-0.2, 0) is 15.1 Å². The number of nitrogens with one attached hydrogen (secondary N) is 1. The van der Waals surface area contributed by atoms with Gasteiger partial charge in [0.15, 0.2) is 0 Å². The average molecular weight is 232 g/mol. The first-order chi connectivity index (χ1) is 7.97. The maximum absolute atomic E-state index is 4.94. The summed E-state index contributed by atoms with van der Waals surface area (Å²) >= 11 is 0. The molecule has 1 aliphatic rings. The smallest absolute Gasteiger partial charge is 0.328 e. The summed E-state index contributed by atoms with van der Waals surface area (Å²) in [7, 11) is 0. The molecule has 0 fully saturated rings. The molecule has 4 nitrogen and oxygen atoms in total. The van der Waals surface area contributed by atoms with Crippen LogP contribution in [-0.4, -0.2) is 5.84 Å². The van der Waals surface area contributed by atoms with E-state index in [9.17, 15) is 0 Å². The highest BCUT2D eigenvalue weighted by molar-refractivity contribution is 5.98. The van der Waals surface area contributed by atoms with E-state index in [0.29, 0.717) is 5.84 Å². The minimum Gasteiger partial charge on any atom is -0.340 e. The van der Waals surface area contributed by atoms with Gasteiger partial charge in [-0.3, -0.25) is 0 Å². The molecule has 0 bridgehead atoms. The Balaban J connectivity index is 2.21. The first kappa shape index (κ1) is 11.5. The van der Waals surface area contributed by atoms with Crippen LogP contribution in [0.5, 0.6) is 0 Å². The lowest BCUT2D eigenvalue weighted by Gasteiger charge is -2.20. The van der Waals surface area contributed by atoms with Crippen molar-refractivity contribution < 1.29 is 9.68 Å².